The molecule has 0 radical (unpaired) electrons. The molecule has 1 aromatic heterocycles. The molecule has 0 unspecified atom stereocenters. The summed E-state index contributed by atoms with van der Waals surface area (Å²) in [6, 6.07) is 4.52. The molecule has 1 heterocycles. The van der Waals surface area contributed by atoms with Crippen molar-refractivity contribution in [3.05, 3.63) is 24.0 Å². The van der Waals surface area contributed by atoms with Crippen LogP contribution in [-0.2, 0) is 13.1 Å². The molecular weight excluding hydrogens is 234 g/mol. The van der Waals surface area contributed by atoms with Crippen LogP contribution in [0.3, 0.4) is 0 Å². The molecular formula is C16H27N3. The van der Waals surface area contributed by atoms with Gasteiger partial charge in [-0.25, -0.2) is 0 Å². The van der Waals surface area contributed by atoms with Crippen LogP contribution in [-0.4, -0.2) is 11.1 Å². The van der Waals surface area contributed by atoms with Crippen LogP contribution in [0.5, 0.6) is 0 Å². The van der Waals surface area contributed by atoms with Gasteiger partial charge in [0.2, 0.25) is 0 Å². The standard InChI is InChI=1S/C16H27N3/c1-14(2)10-18-11-15-6-9-19(12-15)8-5-7-16(3,4)13-17/h6,9,12,14,18H,5,7-8,10-11H2,1-4H3. The van der Waals surface area contributed by atoms with Crippen LogP contribution in [0.4, 0.5) is 0 Å². The second-order valence-electron chi connectivity index (χ2n) is 6.38. The lowest BCUT2D eigenvalue weighted by molar-refractivity contribution is 0.416. The summed E-state index contributed by atoms with van der Waals surface area (Å²) in [6.07, 6.45) is 6.33. The molecule has 0 amide bonds. The minimum Gasteiger partial charge on any atom is -0.354 e. The molecule has 0 aliphatic carbocycles. The molecule has 3 heteroatoms. The Kier molecular flexibility index (Phi) is 6.11. The monoisotopic (exact) mass is 261 g/mol. The van der Waals surface area contributed by atoms with Crippen LogP contribution in [0.25, 0.3) is 0 Å². The van der Waals surface area contributed by atoms with Gasteiger partial charge in [-0.1, -0.05) is 13.8 Å². The second kappa shape index (κ2) is 7.35. The van der Waals surface area contributed by atoms with Gasteiger partial charge in [-0.3, -0.25) is 0 Å². The van der Waals surface area contributed by atoms with Crippen LogP contribution in [0.1, 0.15) is 46.1 Å². The topological polar surface area (TPSA) is 40.8 Å². The van der Waals surface area contributed by atoms with Crippen molar-refractivity contribution in [2.45, 2.75) is 53.6 Å². The number of nitrogens with zero attached hydrogens (tertiary/aromatic N) is 2. The highest BCUT2D eigenvalue weighted by Gasteiger charge is 2.15. The molecule has 3 nitrogen and oxygen atoms in total. The summed E-state index contributed by atoms with van der Waals surface area (Å²) < 4.78 is 2.22. The summed E-state index contributed by atoms with van der Waals surface area (Å²) in [5.41, 5.74) is 1.13. The van der Waals surface area contributed by atoms with Gasteiger partial charge in [-0.2, -0.15) is 5.26 Å². The molecule has 0 fully saturated rings. The molecule has 1 rings (SSSR count). The van der Waals surface area contributed by atoms with Gasteiger partial charge < -0.3 is 9.88 Å². The van der Waals surface area contributed by atoms with E-state index in [4.69, 9.17) is 5.26 Å². The van der Waals surface area contributed by atoms with E-state index in [1.54, 1.807) is 0 Å². The predicted octanol–water partition coefficient (Wildman–Crippen LogP) is 3.56. The summed E-state index contributed by atoms with van der Waals surface area (Å²) in [4.78, 5) is 0. The fraction of sp³-hybridized carbons (Fsp3) is 0.688. The van der Waals surface area contributed by atoms with Crippen molar-refractivity contribution in [1.29, 1.82) is 5.26 Å². The van der Waals surface area contributed by atoms with Crippen LogP contribution in [0.2, 0.25) is 0 Å². The van der Waals surface area contributed by atoms with Gasteiger partial charge in [0, 0.05) is 25.5 Å². The third kappa shape index (κ3) is 6.45. The number of nitriles is 1. The number of hydrogen-bond acceptors (Lipinski definition) is 2. The van der Waals surface area contributed by atoms with Gasteiger partial charge in [0.15, 0.2) is 0 Å². The third-order valence-corrected chi connectivity index (χ3v) is 3.21. The number of aromatic nitrogens is 1. The van der Waals surface area contributed by atoms with Crippen molar-refractivity contribution in [3.8, 4) is 6.07 Å². The van der Waals surface area contributed by atoms with Crippen LogP contribution >= 0.6 is 0 Å². The Labute approximate surface area is 117 Å². The van der Waals surface area contributed by atoms with E-state index in [0.717, 1.165) is 32.5 Å². The van der Waals surface area contributed by atoms with E-state index >= 15 is 0 Å². The summed E-state index contributed by atoms with van der Waals surface area (Å²) in [5.74, 6) is 0.690. The Morgan fingerprint density at radius 1 is 1.42 bits per heavy atom. The number of nitrogens with one attached hydrogen (secondary N) is 1. The van der Waals surface area contributed by atoms with Gasteiger partial charge in [0.25, 0.3) is 0 Å². The van der Waals surface area contributed by atoms with E-state index < -0.39 is 0 Å². The van der Waals surface area contributed by atoms with Crippen LogP contribution in [0, 0.1) is 22.7 Å². The quantitative estimate of drug-likeness (QED) is 0.777. The highest BCUT2D eigenvalue weighted by atomic mass is 14.9. The maximum atomic E-state index is 8.97. The Balaban J connectivity index is 2.29. The lowest BCUT2D eigenvalue weighted by Crippen LogP contribution is -2.18. The summed E-state index contributed by atoms with van der Waals surface area (Å²) >= 11 is 0. The smallest absolute Gasteiger partial charge is 0.0683 e. The first-order valence-corrected chi connectivity index (χ1v) is 7.19. The molecule has 1 aromatic rings. The molecule has 19 heavy (non-hydrogen) atoms. The minimum absolute atomic E-state index is 0.200. The van der Waals surface area contributed by atoms with Crippen molar-refractivity contribution in [2.75, 3.05) is 6.54 Å². The fourth-order valence-corrected chi connectivity index (χ4v) is 2.00. The molecule has 0 saturated carbocycles. The maximum absolute atomic E-state index is 8.97. The second-order valence-corrected chi connectivity index (χ2v) is 6.38. The van der Waals surface area contributed by atoms with Crippen molar-refractivity contribution in [1.82, 2.24) is 9.88 Å². The minimum atomic E-state index is -0.200. The van der Waals surface area contributed by atoms with Gasteiger partial charge in [-0.15, -0.1) is 0 Å². The van der Waals surface area contributed by atoms with Crippen molar-refractivity contribution in [3.63, 3.8) is 0 Å². The Bertz CT molecular complexity index is 410. The average Bonchev–Trinajstić information content (AvgIpc) is 2.76. The molecule has 0 atom stereocenters. The van der Waals surface area contributed by atoms with E-state index in [0.29, 0.717) is 5.92 Å². The zero-order chi connectivity index (χ0) is 14.3. The molecule has 0 bridgehead atoms. The van der Waals surface area contributed by atoms with Gasteiger partial charge in [0.1, 0.15) is 0 Å². The molecule has 0 aliphatic rings. The molecule has 106 valence electrons. The predicted molar refractivity (Wildman–Crippen MR) is 79.6 cm³/mol. The number of rotatable bonds is 8. The third-order valence-electron chi connectivity index (χ3n) is 3.21. The van der Waals surface area contributed by atoms with E-state index in [2.05, 4.69) is 48.3 Å². The average molecular weight is 261 g/mol. The zero-order valence-corrected chi connectivity index (χ0v) is 12.7. The first-order chi connectivity index (χ1) is 8.93. The normalized spacial score (nSPS) is 11.8. The SMILES string of the molecule is CC(C)CNCc1ccn(CCCC(C)(C)C#N)c1. The Hall–Kier alpha value is -1.27. The maximum Gasteiger partial charge on any atom is 0.0683 e. The molecule has 1 N–H and O–H groups in total. The number of hydrogen-bond donors (Lipinski definition) is 1. The highest BCUT2D eigenvalue weighted by molar-refractivity contribution is 5.09. The largest absolute Gasteiger partial charge is 0.354 e. The summed E-state index contributed by atoms with van der Waals surface area (Å²) in [7, 11) is 0. The van der Waals surface area contributed by atoms with E-state index in [1.807, 2.05) is 13.8 Å². The van der Waals surface area contributed by atoms with Crippen molar-refractivity contribution < 1.29 is 0 Å². The van der Waals surface area contributed by atoms with E-state index in [9.17, 15) is 0 Å². The zero-order valence-electron chi connectivity index (χ0n) is 12.7. The van der Waals surface area contributed by atoms with Gasteiger partial charge >= 0.3 is 0 Å². The van der Waals surface area contributed by atoms with E-state index in [1.165, 1.54) is 5.56 Å². The van der Waals surface area contributed by atoms with Gasteiger partial charge in [0.05, 0.1) is 11.5 Å². The van der Waals surface area contributed by atoms with Crippen molar-refractivity contribution >= 4 is 0 Å². The fourth-order valence-electron chi connectivity index (χ4n) is 2.00. The lowest BCUT2D eigenvalue weighted by Gasteiger charge is -2.14. The van der Waals surface area contributed by atoms with Crippen LogP contribution in [0.15, 0.2) is 18.5 Å². The number of aryl methyl sites for hydroxylation is 1. The van der Waals surface area contributed by atoms with Crippen LogP contribution < -0.4 is 5.32 Å². The Morgan fingerprint density at radius 3 is 2.79 bits per heavy atom. The summed E-state index contributed by atoms with van der Waals surface area (Å²) in [6.45, 7) is 11.4. The Morgan fingerprint density at radius 2 is 2.16 bits per heavy atom. The first-order valence-electron chi connectivity index (χ1n) is 7.19. The van der Waals surface area contributed by atoms with Gasteiger partial charge in [-0.05, 0) is 50.8 Å². The summed E-state index contributed by atoms with van der Waals surface area (Å²) in [5, 5.41) is 12.4. The molecule has 0 saturated heterocycles. The van der Waals surface area contributed by atoms with E-state index in [-0.39, 0.29) is 5.41 Å². The first kappa shape index (κ1) is 15.8. The molecule has 0 aromatic carbocycles. The lowest BCUT2D eigenvalue weighted by atomic mass is 9.90. The molecule has 0 aliphatic heterocycles. The highest BCUT2D eigenvalue weighted by Crippen LogP contribution is 2.21. The molecule has 0 spiro atoms. The van der Waals surface area contributed by atoms with Crippen molar-refractivity contribution in [2.24, 2.45) is 11.3 Å².